The Morgan fingerprint density at radius 1 is 0.640 bits per heavy atom. The maximum atomic E-state index is 4.99. The first-order valence-electron chi connectivity index (χ1n) is 8.35. The van der Waals surface area contributed by atoms with Crippen molar-refractivity contribution >= 4 is 0 Å². The van der Waals surface area contributed by atoms with E-state index in [1.54, 1.807) is 0 Å². The topological polar surface area (TPSA) is 25.8 Å². The first-order valence-corrected chi connectivity index (χ1v) is 8.35. The second kappa shape index (κ2) is 6.70. The van der Waals surface area contributed by atoms with Crippen LogP contribution in [0.25, 0.3) is 33.6 Å². The minimum Gasteiger partial charge on any atom is -0.264 e. The van der Waals surface area contributed by atoms with Gasteiger partial charge in [-0.25, -0.2) is 4.98 Å². The molecule has 25 heavy (non-hydrogen) atoms. The van der Waals surface area contributed by atoms with E-state index in [0.717, 1.165) is 33.6 Å². The predicted molar refractivity (Wildman–Crippen MR) is 103 cm³/mol. The SMILES string of the molecule is Cc1cncc(-c2ccc(-c3ccccc3)c(-c3ccccc3)n2)c1. The molecule has 0 radical (unpaired) electrons. The fourth-order valence-electron chi connectivity index (χ4n) is 2.98. The molecule has 0 aliphatic rings. The minimum absolute atomic E-state index is 0.940. The van der Waals surface area contributed by atoms with E-state index in [2.05, 4.69) is 59.6 Å². The highest BCUT2D eigenvalue weighted by Gasteiger charge is 2.11. The number of hydrogen-bond acceptors (Lipinski definition) is 2. The maximum Gasteiger partial charge on any atom is 0.0787 e. The number of pyridine rings is 2. The molecule has 4 rings (SSSR count). The monoisotopic (exact) mass is 322 g/mol. The number of rotatable bonds is 3. The second-order valence-corrected chi connectivity index (χ2v) is 6.08. The Balaban J connectivity index is 1.92. The number of benzene rings is 2. The van der Waals surface area contributed by atoms with Crippen molar-refractivity contribution in [3.05, 3.63) is 96.8 Å². The molecule has 2 nitrogen and oxygen atoms in total. The summed E-state index contributed by atoms with van der Waals surface area (Å²) in [5.74, 6) is 0. The van der Waals surface area contributed by atoms with E-state index in [-0.39, 0.29) is 0 Å². The van der Waals surface area contributed by atoms with Gasteiger partial charge in [0.2, 0.25) is 0 Å². The van der Waals surface area contributed by atoms with Gasteiger partial charge >= 0.3 is 0 Å². The Morgan fingerprint density at radius 2 is 1.32 bits per heavy atom. The quantitative estimate of drug-likeness (QED) is 0.477. The fraction of sp³-hybridized carbons (Fsp3) is 0.0435. The van der Waals surface area contributed by atoms with Gasteiger partial charge in [-0.2, -0.15) is 0 Å². The molecule has 0 amide bonds. The molecular weight excluding hydrogens is 304 g/mol. The van der Waals surface area contributed by atoms with Crippen molar-refractivity contribution < 1.29 is 0 Å². The third kappa shape index (κ3) is 3.20. The van der Waals surface area contributed by atoms with Gasteiger partial charge in [0.15, 0.2) is 0 Å². The van der Waals surface area contributed by atoms with Crippen molar-refractivity contribution in [3.8, 4) is 33.6 Å². The molecule has 0 saturated carbocycles. The van der Waals surface area contributed by atoms with Crippen LogP contribution >= 0.6 is 0 Å². The summed E-state index contributed by atoms with van der Waals surface area (Å²) in [4.78, 5) is 9.29. The van der Waals surface area contributed by atoms with E-state index >= 15 is 0 Å². The summed E-state index contributed by atoms with van der Waals surface area (Å²) in [6.07, 6.45) is 3.73. The molecule has 4 aromatic rings. The number of aryl methyl sites for hydroxylation is 1. The molecule has 0 saturated heterocycles. The Hall–Kier alpha value is -3.26. The molecule has 0 atom stereocenters. The molecular formula is C23H18N2. The standard InChI is InChI=1S/C23H18N2/c1-17-14-20(16-24-15-17)22-13-12-21(18-8-4-2-5-9-18)23(25-22)19-10-6-3-7-11-19/h2-16H,1H3. The zero-order chi connectivity index (χ0) is 17.1. The van der Waals surface area contributed by atoms with Gasteiger partial charge in [0.1, 0.15) is 0 Å². The van der Waals surface area contributed by atoms with E-state index < -0.39 is 0 Å². The highest BCUT2D eigenvalue weighted by Crippen LogP contribution is 2.32. The summed E-state index contributed by atoms with van der Waals surface area (Å²) < 4.78 is 0. The zero-order valence-corrected chi connectivity index (χ0v) is 14.1. The van der Waals surface area contributed by atoms with E-state index in [1.807, 2.05) is 43.6 Å². The van der Waals surface area contributed by atoms with E-state index in [4.69, 9.17) is 4.98 Å². The van der Waals surface area contributed by atoms with Gasteiger partial charge < -0.3 is 0 Å². The van der Waals surface area contributed by atoms with Crippen molar-refractivity contribution in [2.45, 2.75) is 6.92 Å². The molecule has 120 valence electrons. The average Bonchev–Trinajstić information content (AvgIpc) is 2.69. The van der Waals surface area contributed by atoms with E-state index in [9.17, 15) is 0 Å². The van der Waals surface area contributed by atoms with Crippen LogP contribution in [0.3, 0.4) is 0 Å². The molecule has 2 heterocycles. The number of nitrogens with zero attached hydrogens (tertiary/aromatic N) is 2. The van der Waals surface area contributed by atoms with Gasteiger partial charge in [0, 0.05) is 29.1 Å². The smallest absolute Gasteiger partial charge is 0.0787 e. The number of aromatic nitrogens is 2. The van der Waals surface area contributed by atoms with E-state index in [0.29, 0.717) is 0 Å². The van der Waals surface area contributed by atoms with Crippen LogP contribution in [0.5, 0.6) is 0 Å². The first-order chi connectivity index (χ1) is 12.3. The Labute approximate surface area is 147 Å². The third-order valence-electron chi connectivity index (χ3n) is 4.20. The van der Waals surface area contributed by atoms with Crippen molar-refractivity contribution in [3.63, 3.8) is 0 Å². The number of hydrogen-bond donors (Lipinski definition) is 0. The highest BCUT2D eigenvalue weighted by molar-refractivity contribution is 5.82. The van der Waals surface area contributed by atoms with E-state index in [1.165, 1.54) is 5.56 Å². The highest BCUT2D eigenvalue weighted by atomic mass is 14.7. The average molecular weight is 322 g/mol. The largest absolute Gasteiger partial charge is 0.264 e. The van der Waals surface area contributed by atoms with Crippen molar-refractivity contribution in [2.24, 2.45) is 0 Å². The molecule has 2 heteroatoms. The molecule has 0 spiro atoms. The summed E-state index contributed by atoms with van der Waals surface area (Å²) in [5, 5.41) is 0. The van der Waals surface area contributed by atoms with Crippen LogP contribution < -0.4 is 0 Å². The van der Waals surface area contributed by atoms with Crippen molar-refractivity contribution in [1.29, 1.82) is 0 Å². The molecule has 2 aromatic heterocycles. The summed E-state index contributed by atoms with van der Waals surface area (Å²) in [7, 11) is 0. The maximum absolute atomic E-state index is 4.99. The molecule has 0 N–H and O–H groups in total. The molecule has 0 unspecified atom stereocenters. The Morgan fingerprint density at radius 3 is 2.00 bits per heavy atom. The molecule has 0 aliphatic heterocycles. The van der Waals surface area contributed by atoms with Gasteiger partial charge in [-0.15, -0.1) is 0 Å². The van der Waals surface area contributed by atoms with Gasteiger partial charge in [-0.05, 0) is 30.2 Å². The predicted octanol–water partition coefficient (Wildman–Crippen LogP) is 5.79. The van der Waals surface area contributed by atoms with Crippen molar-refractivity contribution in [1.82, 2.24) is 9.97 Å². The first kappa shape index (κ1) is 15.3. The van der Waals surface area contributed by atoms with Crippen LogP contribution in [0.15, 0.2) is 91.3 Å². The summed E-state index contributed by atoms with van der Waals surface area (Å²) >= 11 is 0. The Kier molecular flexibility index (Phi) is 4.09. The molecule has 2 aromatic carbocycles. The summed E-state index contributed by atoms with van der Waals surface area (Å²) in [5.41, 5.74) is 7.52. The summed E-state index contributed by atoms with van der Waals surface area (Å²) in [6.45, 7) is 2.05. The zero-order valence-electron chi connectivity index (χ0n) is 14.1. The summed E-state index contributed by atoms with van der Waals surface area (Å²) in [6, 6.07) is 27.1. The van der Waals surface area contributed by atoms with Crippen LogP contribution in [0.4, 0.5) is 0 Å². The lowest BCUT2D eigenvalue weighted by molar-refractivity contribution is 1.24. The Bertz CT molecular complexity index is 993. The van der Waals surface area contributed by atoms with Crippen LogP contribution in [-0.2, 0) is 0 Å². The van der Waals surface area contributed by atoms with Crippen LogP contribution in [0, 0.1) is 6.92 Å². The minimum atomic E-state index is 0.940. The normalized spacial score (nSPS) is 10.6. The second-order valence-electron chi connectivity index (χ2n) is 6.08. The fourth-order valence-corrected chi connectivity index (χ4v) is 2.98. The van der Waals surface area contributed by atoms with Crippen molar-refractivity contribution in [2.75, 3.05) is 0 Å². The van der Waals surface area contributed by atoms with Gasteiger partial charge in [0.25, 0.3) is 0 Å². The van der Waals surface area contributed by atoms with Gasteiger partial charge in [-0.3, -0.25) is 4.98 Å². The molecule has 0 fully saturated rings. The van der Waals surface area contributed by atoms with Crippen LogP contribution in [-0.4, -0.2) is 9.97 Å². The molecule has 0 aliphatic carbocycles. The van der Waals surface area contributed by atoms with Gasteiger partial charge in [-0.1, -0.05) is 66.7 Å². The van der Waals surface area contributed by atoms with Gasteiger partial charge in [0.05, 0.1) is 11.4 Å². The lowest BCUT2D eigenvalue weighted by Gasteiger charge is -2.12. The third-order valence-corrected chi connectivity index (χ3v) is 4.20. The lowest BCUT2D eigenvalue weighted by atomic mass is 9.98. The van der Waals surface area contributed by atoms with Crippen LogP contribution in [0.2, 0.25) is 0 Å². The molecule has 0 bridgehead atoms. The van der Waals surface area contributed by atoms with Crippen LogP contribution in [0.1, 0.15) is 5.56 Å². The lowest BCUT2D eigenvalue weighted by Crippen LogP contribution is -1.93.